The van der Waals surface area contributed by atoms with Crippen molar-refractivity contribution in [3.8, 4) is 23.4 Å². The van der Waals surface area contributed by atoms with E-state index in [9.17, 15) is 10.1 Å². The molecular weight excluding hydrogens is 400 g/mol. The summed E-state index contributed by atoms with van der Waals surface area (Å²) in [6.45, 7) is 0. The van der Waals surface area contributed by atoms with E-state index in [2.05, 4.69) is 16.3 Å². The van der Waals surface area contributed by atoms with Crippen molar-refractivity contribution in [2.24, 2.45) is 5.73 Å². The summed E-state index contributed by atoms with van der Waals surface area (Å²) in [4.78, 5) is 11.9. The third-order valence-electron chi connectivity index (χ3n) is 5.68. The predicted molar refractivity (Wildman–Crippen MR) is 109 cm³/mol. The van der Waals surface area contributed by atoms with Gasteiger partial charge < -0.3 is 24.7 Å². The van der Waals surface area contributed by atoms with Crippen LogP contribution in [0.15, 0.2) is 29.7 Å². The number of nitrogens with one attached hydrogen (secondary N) is 1. The van der Waals surface area contributed by atoms with Crippen LogP contribution in [0.4, 0.5) is 0 Å². The van der Waals surface area contributed by atoms with Gasteiger partial charge in [0.05, 0.1) is 43.9 Å². The normalized spacial score (nSPS) is 18.2. The van der Waals surface area contributed by atoms with E-state index in [-0.39, 0.29) is 29.9 Å². The van der Waals surface area contributed by atoms with Crippen molar-refractivity contribution in [2.75, 3.05) is 14.2 Å². The molecule has 1 aliphatic carbocycles. The van der Waals surface area contributed by atoms with Gasteiger partial charge in [-0.2, -0.15) is 5.26 Å². The van der Waals surface area contributed by atoms with E-state index in [4.69, 9.17) is 24.7 Å². The van der Waals surface area contributed by atoms with E-state index in [1.165, 1.54) is 7.11 Å². The van der Waals surface area contributed by atoms with Crippen LogP contribution in [0.25, 0.3) is 0 Å². The Morgan fingerprint density at radius 2 is 2.10 bits per heavy atom. The molecule has 1 atom stereocenters. The molecular formula is C22H24N4O5. The van der Waals surface area contributed by atoms with Gasteiger partial charge >= 0.3 is 5.97 Å². The van der Waals surface area contributed by atoms with E-state index in [0.29, 0.717) is 22.8 Å². The van der Waals surface area contributed by atoms with Crippen LogP contribution in [0.3, 0.4) is 0 Å². The van der Waals surface area contributed by atoms with Crippen molar-refractivity contribution >= 4 is 5.97 Å². The molecule has 2 heterocycles. The molecule has 0 amide bonds. The van der Waals surface area contributed by atoms with E-state index in [1.807, 2.05) is 18.2 Å². The Kier molecular flexibility index (Phi) is 5.71. The summed E-state index contributed by atoms with van der Waals surface area (Å²) in [5.74, 6) is 0.395. The zero-order valence-corrected chi connectivity index (χ0v) is 17.4. The van der Waals surface area contributed by atoms with Gasteiger partial charge in [0.15, 0.2) is 11.5 Å². The van der Waals surface area contributed by atoms with Gasteiger partial charge in [0, 0.05) is 0 Å². The topological polar surface area (TPSA) is 132 Å². The number of allylic oxidation sites excluding steroid dienone is 1. The average Bonchev–Trinajstić information content (AvgIpc) is 3.43. The Bertz CT molecular complexity index is 1060. The summed E-state index contributed by atoms with van der Waals surface area (Å²) >= 11 is 0. The summed E-state index contributed by atoms with van der Waals surface area (Å²) in [7, 11) is 2.89. The number of aromatic amines is 1. The molecule has 2 aliphatic rings. The van der Waals surface area contributed by atoms with Crippen molar-refractivity contribution in [1.29, 1.82) is 5.26 Å². The van der Waals surface area contributed by atoms with Crippen LogP contribution < -0.4 is 19.9 Å². The summed E-state index contributed by atoms with van der Waals surface area (Å²) in [5, 5.41) is 16.7. The second kappa shape index (κ2) is 8.60. The molecule has 162 valence electrons. The highest BCUT2D eigenvalue weighted by Crippen LogP contribution is 2.45. The van der Waals surface area contributed by atoms with Gasteiger partial charge in [-0.05, 0) is 43.4 Å². The van der Waals surface area contributed by atoms with Crippen molar-refractivity contribution in [3.05, 3.63) is 46.5 Å². The van der Waals surface area contributed by atoms with Crippen LogP contribution in [0.5, 0.6) is 17.4 Å². The Hall–Kier alpha value is -3.67. The van der Waals surface area contributed by atoms with Gasteiger partial charge in [-0.1, -0.05) is 6.07 Å². The van der Waals surface area contributed by atoms with Gasteiger partial charge in [0.2, 0.25) is 11.8 Å². The van der Waals surface area contributed by atoms with Gasteiger partial charge in [0.1, 0.15) is 11.6 Å². The number of nitrogens with two attached hydrogens (primary N) is 1. The fourth-order valence-corrected chi connectivity index (χ4v) is 4.14. The first kappa shape index (κ1) is 20.6. The highest BCUT2D eigenvalue weighted by molar-refractivity contribution is 5.73. The third-order valence-corrected chi connectivity index (χ3v) is 5.68. The van der Waals surface area contributed by atoms with Gasteiger partial charge in [-0.3, -0.25) is 9.89 Å². The van der Waals surface area contributed by atoms with Gasteiger partial charge in [-0.15, -0.1) is 5.10 Å². The number of carbonyl (C=O) groups is 1. The highest BCUT2D eigenvalue weighted by Gasteiger charge is 2.36. The number of nitrogens with zero attached hydrogens (tertiary/aromatic N) is 2. The molecule has 0 unspecified atom stereocenters. The molecule has 1 saturated carbocycles. The van der Waals surface area contributed by atoms with Crippen LogP contribution in [-0.2, 0) is 16.0 Å². The number of esters is 1. The fourth-order valence-electron chi connectivity index (χ4n) is 4.14. The number of aromatic nitrogens is 2. The number of hydrogen-bond donors (Lipinski definition) is 2. The number of rotatable bonds is 6. The quantitative estimate of drug-likeness (QED) is 0.676. The van der Waals surface area contributed by atoms with Crippen molar-refractivity contribution in [2.45, 2.75) is 44.1 Å². The lowest BCUT2D eigenvalue weighted by molar-refractivity contribution is -0.139. The molecule has 2 aromatic rings. The summed E-state index contributed by atoms with van der Waals surface area (Å²) < 4.78 is 22.0. The maximum atomic E-state index is 11.9. The summed E-state index contributed by atoms with van der Waals surface area (Å²) in [6.07, 6.45) is 4.51. The summed E-state index contributed by atoms with van der Waals surface area (Å²) in [5.41, 5.74) is 8.05. The first-order valence-electron chi connectivity index (χ1n) is 10.1. The van der Waals surface area contributed by atoms with Crippen molar-refractivity contribution in [3.63, 3.8) is 0 Å². The first-order chi connectivity index (χ1) is 15.0. The number of nitriles is 1. The molecule has 1 aromatic heterocycles. The number of H-pyrrole nitrogens is 1. The Morgan fingerprint density at radius 1 is 1.32 bits per heavy atom. The second-order valence-electron chi connectivity index (χ2n) is 7.53. The number of carbonyl (C=O) groups excluding carboxylic acids is 1. The largest absolute Gasteiger partial charge is 0.493 e. The Labute approximate surface area is 179 Å². The molecule has 3 N–H and O–H groups in total. The van der Waals surface area contributed by atoms with Crippen molar-refractivity contribution < 1.29 is 23.7 Å². The lowest BCUT2D eigenvalue weighted by atomic mass is 9.83. The Morgan fingerprint density at radius 3 is 2.77 bits per heavy atom. The summed E-state index contributed by atoms with van der Waals surface area (Å²) in [6, 6.07) is 7.67. The molecule has 1 aliphatic heterocycles. The van der Waals surface area contributed by atoms with E-state index >= 15 is 0 Å². The third kappa shape index (κ3) is 3.89. The smallest absolute Gasteiger partial charge is 0.311 e. The minimum Gasteiger partial charge on any atom is -0.493 e. The van der Waals surface area contributed by atoms with Crippen LogP contribution in [0.2, 0.25) is 0 Å². The second-order valence-corrected chi connectivity index (χ2v) is 7.53. The number of benzene rings is 1. The van der Waals surface area contributed by atoms with Crippen LogP contribution in [0, 0.1) is 11.3 Å². The van der Waals surface area contributed by atoms with E-state index in [0.717, 1.165) is 31.2 Å². The zero-order chi connectivity index (χ0) is 22.0. The lowest BCUT2D eigenvalue weighted by Gasteiger charge is -2.25. The lowest BCUT2D eigenvalue weighted by Crippen LogP contribution is -2.22. The molecule has 9 nitrogen and oxygen atoms in total. The van der Waals surface area contributed by atoms with Crippen LogP contribution in [0.1, 0.15) is 48.4 Å². The standard InChI is InChI=1S/C22H24N4O5/c1-28-17-9-12(7-8-16(17)30-13-5-3-4-6-13)19-14(11-23)21(24)31-22-20(19)15(25-26-22)10-18(27)29-2/h7-9,13,19H,3-6,10,24H2,1-2H3,(H,25,26)/t19-/m1/s1. The van der Waals surface area contributed by atoms with Gasteiger partial charge in [0.25, 0.3) is 0 Å². The van der Waals surface area contributed by atoms with E-state index < -0.39 is 11.9 Å². The molecule has 1 aromatic carbocycles. The molecule has 31 heavy (non-hydrogen) atoms. The van der Waals surface area contributed by atoms with E-state index in [1.54, 1.807) is 7.11 Å². The maximum Gasteiger partial charge on any atom is 0.311 e. The monoisotopic (exact) mass is 424 g/mol. The molecule has 0 bridgehead atoms. The Balaban J connectivity index is 1.76. The predicted octanol–water partition coefficient (Wildman–Crippen LogP) is 2.67. The molecule has 1 fully saturated rings. The minimum atomic E-state index is -0.582. The molecule has 0 radical (unpaired) electrons. The van der Waals surface area contributed by atoms with Gasteiger partial charge in [-0.25, -0.2) is 0 Å². The zero-order valence-electron chi connectivity index (χ0n) is 17.4. The number of hydrogen-bond acceptors (Lipinski definition) is 8. The maximum absolute atomic E-state index is 11.9. The highest BCUT2D eigenvalue weighted by atomic mass is 16.5. The van der Waals surface area contributed by atoms with Crippen LogP contribution in [-0.4, -0.2) is 36.5 Å². The average molecular weight is 424 g/mol. The number of methoxy groups -OCH3 is 2. The SMILES string of the molecule is COC(=O)Cc1[nH]nc2c1[C@H](c1ccc(OC3CCCC3)c(OC)c1)C(C#N)=C(N)O2. The minimum absolute atomic E-state index is 0.0265. The number of fused-ring (bicyclic) bond motifs is 1. The fraction of sp³-hybridized carbons (Fsp3) is 0.409. The molecule has 0 spiro atoms. The molecule has 4 rings (SSSR count). The first-order valence-corrected chi connectivity index (χ1v) is 10.1. The van der Waals surface area contributed by atoms with Crippen molar-refractivity contribution in [1.82, 2.24) is 10.2 Å². The molecule has 0 saturated heterocycles. The van der Waals surface area contributed by atoms with Crippen LogP contribution >= 0.6 is 0 Å². The number of ether oxygens (including phenoxy) is 4. The molecule has 9 heteroatoms.